The van der Waals surface area contributed by atoms with E-state index < -0.39 is 0 Å². The Labute approximate surface area is 97.3 Å². The molecule has 0 amide bonds. The topological polar surface area (TPSA) is 15.3 Å². The fourth-order valence-electron chi connectivity index (χ4n) is 1.76. The predicted molar refractivity (Wildman–Crippen MR) is 68.7 cm³/mol. The van der Waals surface area contributed by atoms with E-state index in [4.69, 9.17) is 0 Å². The summed E-state index contributed by atoms with van der Waals surface area (Å²) in [6.07, 6.45) is 2.41. The molecule has 1 unspecified atom stereocenters. The number of rotatable bonds is 7. The van der Waals surface area contributed by atoms with E-state index in [1.807, 2.05) is 0 Å². The molecule has 1 rings (SSSR count). The van der Waals surface area contributed by atoms with Crippen LogP contribution in [0.15, 0.2) is 16.8 Å². The van der Waals surface area contributed by atoms with Gasteiger partial charge < -0.3 is 10.2 Å². The van der Waals surface area contributed by atoms with Gasteiger partial charge in [-0.2, -0.15) is 11.3 Å². The summed E-state index contributed by atoms with van der Waals surface area (Å²) in [6, 6.07) is 2.84. The summed E-state index contributed by atoms with van der Waals surface area (Å²) in [6.45, 7) is 4.35. The second-order valence-electron chi connectivity index (χ2n) is 4.19. The third-order valence-corrected chi connectivity index (χ3v) is 3.17. The molecule has 15 heavy (non-hydrogen) atoms. The predicted octanol–water partition coefficient (Wildman–Crippen LogP) is 2.22. The van der Waals surface area contributed by atoms with Crippen molar-refractivity contribution in [2.45, 2.75) is 25.8 Å². The Bertz CT molecular complexity index is 244. The van der Waals surface area contributed by atoms with Gasteiger partial charge in [-0.15, -0.1) is 0 Å². The lowest BCUT2D eigenvalue weighted by Gasteiger charge is -2.21. The maximum Gasteiger partial charge on any atom is 0.0197 e. The van der Waals surface area contributed by atoms with Crippen LogP contribution in [0.5, 0.6) is 0 Å². The van der Waals surface area contributed by atoms with Crippen LogP contribution in [0.25, 0.3) is 0 Å². The first kappa shape index (κ1) is 12.7. The third kappa shape index (κ3) is 5.30. The van der Waals surface area contributed by atoms with Gasteiger partial charge in [0.25, 0.3) is 0 Å². The molecule has 1 N–H and O–H groups in total. The van der Waals surface area contributed by atoms with Crippen molar-refractivity contribution in [3.8, 4) is 0 Å². The van der Waals surface area contributed by atoms with Crippen molar-refractivity contribution >= 4 is 11.3 Å². The molecule has 0 bridgehead atoms. The second-order valence-corrected chi connectivity index (χ2v) is 4.97. The minimum absolute atomic E-state index is 0.616. The van der Waals surface area contributed by atoms with Crippen molar-refractivity contribution in [1.82, 2.24) is 10.2 Å². The van der Waals surface area contributed by atoms with E-state index in [2.05, 4.69) is 48.1 Å². The zero-order valence-electron chi connectivity index (χ0n) is 9.99. The molecule has 1 aromatic heterocycles. The Morgan fingerprint density at radius 1 is 1.47 bits per heavy atom. The van der Waals surface area contributed by atoms with Crippen LogP contribution >= 0.6 is 11.3 Å². The Morgan fingerprint density at radius 2 is 2.27 bits per heavy atom. The van der Waals surface area contributed by atoms with Crippen LogP contribution in [-0.2, 0) is 6.42 Å². The van der Waals surface area contributed by atoms with E-state index >= 15 is 0 Å². The summed E-state index contributed by atoms with van der Waals surface area (Å²) in [5, 5.41) is 7.94. The number of thiophene rings is 1. The van der Waals surface area contributed by atoms with Crippen LogP contribution in [0, 0.1) is 0 Å². The molecule has 2 nitrogen and oxygen atoms in total. The fourth-order valence-corrected chi connectivity index (χ4v) is 2.47. The van der Waals surface area contributed by atoms with E-state index in [0.717, 1.165) is 13.1 Å². The molecule has 0 saturated carbocycles. The Kier molecular flexibility index (Phi) is 5.91. The summed E-state index contributed by atoms with van der Waals surface area (Å²) in [4.78, 5) is 2.25. The van der Waals surface area contributed by atoms with Crippen molar-refractivity contribution in [3.05, 3.63) is 22.4 Å². The lowest BCUT2D eigenvalue weighted by molar-refractivity contribution is 0.330. The molecule has 0 aromatic carbocycles. The highest BCUT2D eigenvalue weighted by Crippen LogP contribution is 2.10. The average Bonchev–Trinajstić information content (AvgIpc) is 2.66. The maximum atomic E-state index is 3.54. The van der Waals surface area contributed by atoms with Crippen LogP contribution in [0.3, 0.4) is 0 Å². The number of likely N-dealkylation sites (N-methyl/N-ethyl adjacent to an activating group) is 2. The van der Waals surface area contributed by atoms with Gasteiger partial charge in [-0.3, -0.25) is 0 Å². The standard InChI is InChI=1S/C12H22N2S/c1-4-13-12(9-14(2)3)6-5-11-7-8-15-10-11/h7-8,10,12-13H,4-6,9H2,1-3H3. The summed E-state index contributed by atoms with van der Waals surface area (Å²) < 4.78 is 0. The normalized spacial score (nSPS) is 13.3. The molecule has 0 fully saturated rings. The zero-order valence-corrected chi connectivity index (χ0v) is 10.8. The molecule has 0 aliphatic carbocycles. The van der Waals surface area contributed by atoms with E-state index in [1.165, 1.54) is 18.4 Å². The molecule has 1 aromatic rings. The van der Waals surface area contributed by atoms with Gasteiger partial charge in [-0.25, -0.2) is 0 Å². The second kappa shape index (κ2) is 6.99. The van der Waals surface area contributed by atoms with Crippen molar-refractivity contribution < 1.29 is 0 Å². The van der Waals surface area contributed by atoms with Crippen molar-refractivity contribution in [2.24, 2.45) is 0 Å². The number of hydrogen-bond donors (Lipinski definition) is 1. The summed E-state index contributed by atoms with van der Waals surface area (Å²) in [7, 11) is 4.27. The van der Waals surface area contributed by atoms with Crippen LogP contribution in [0.4, 0.5) is 0 Å². The molecular weight excluding hydrogens is 204 g/mol. The number of aryl methyl sites for hydroxylation is 1. The first-order valence-corrected chi connectivity index (χ1v) is 6.55. The first-order chi connectivity index (χ1) is 7.22. The minimum atomic E-state index is 0.616. The van der Waals surface area contributed by atoms with Crippen LogP contribution in [-0.4, -0.2) is 38.1 Å². The van der Waals surface area contributed by atoms with E-state index in [1.54, 1.807) is 11.3 Å². The van der Waals surface area contributed by atoms with Gasteiger partial charge >= 0.3 is 0 Å². The Morgan fingerprint density at radius 3 is 2.80 bits per heavy atom. The molecule has 0 saturated heterocycles. The number of nitrogens with zero attached hydrogens (tertiary/aromatic N) is 1. The van der Waals surface area contributed by atoms with Crippen molar-refractivity contribution in [2.75, 3.05) is 27.2 Å². The highest BCUT2D eigenvalue weighted by Gasteiger charge is 2.08. The van der Waals surface area contributed by atoms with Gasteiger partial charge in [0.15, 0.2) is 0 Å². The quantitative estimate of drug-likeness (QED) is 0.767. The average molecular weight is 226 g/mol. The van der Waals surface area contributed by atoms with E-state index in [9.17, 15) is 0 Å². The molecule has 86 valence electrons. The molecule has 0 aliphatic heterocycles. The van der Waals surface area contributed by atoms with Gasteiger partial charge in [0, 0.05) is 12.6 Å². The third-order valence-electron chi connectivity index (χ3n) is 2.44. The smallest absolute Gasteiger partial charge is 0.0197 e. The van der Waals surface area contributed by atoms with Gasteiger partial charge in [-0.05, 0) is 55.9 Å². The minimum Gasteiger partial charge on any atom is -0.313 e. The van der Waals surface area contributed by atoms with Crippen LogP contribution in [0.1, 0.15) is 18.9 Å². The molecular formula is C12H22N2S. The molecule has 1 atom stereocenters. The summed E-state index contributed by atoms with van der Waals surface area (Å²) in [5.41, 5.74) is 1.47. The van der Waals surface area contributed by atoms with Gasteiger partial charge in [0.05, 0.1) is 0 Å². The SMILES string of the molecule is CCNC(CCc1ccsc1)CN(C)C. The maximum absolute atomic E-state index is 3.54. The van der Waals surface area contributed by atoms with Gasteiger partial charge in [-0.1, -0.05) is 6.92 Å². The van der Waals surface area contributed by atoms with Crippen LogP contribution in [0.2, 0.25) is 0 Å². The zero-order chi connectivity index (χ0) is 11.1. The molecule has 0 radical (unpaired) electrons. The van der Waals surface area contributed by atoms with Crippen molar-refractivity contribution in [3.63, 3.8) is 0 Å². The molecule has 3 heteroatoms. The summed E-state index contributed by atoms with van der Waals surface area (Å²) >= 11 is 1.79. The van der Waals surface area contributed by atoms with Gasteiger partial charge in [0.1, 0.15) is 0 Å². The fraction of sp³-hybridized carbons (Fsp3) is 0.667. The monoisotopic (exact) mass is 226 g/mol. The Balaban J connectivity index is 2.30. The number of nitrogens with one attached hydrogen (secondary N) is 1. The number of hydrogen-bond acceptors (Lipinski definition) is 3. The van der Waals surface area contributed by atoms with Crippen LogP contribution < -0.4 is 5.32 Å². The molecule has 1 heterocycles. The summed E-state index contributed by atoms with van der Waals surface area (Å²) in [5.74, 6) is 0. The van der Waals surface area contributed by atoms with Crippen molar-refractivity contribution in [1.29, 1.82) is 0 Å². The van der Waals surface area contributed by atoms with E-state index in [0.29, 0.717) is 6.04 Å². The molecule has 0 spiro atoms. The lowest BCUT2D eigenvalue weighted by Crippen LogP contribution is -2.38. The molecule has 0 aliphatic rings. The van der Waals surface area contributed by atoms with Gasteiger partial charge in [0.2, 0.25) is 0 Å². The highest BCUT2D eigenvalue weighted by atomic mass is 32.1. The Hall–Kier alpha value is -0.380. The van der Waals surface area contributed by atoms with E-state index in [-0.39, 0.29) is 0 Å². The highest BCUT2D eigenvalue weighted by molar-refractivity contribution is 7.07. The first-order valence-electron chi connectivity index (χ1n) is 5.61. The lowest BCUT2D eigenvalue weighted by atomic mass is 10.1. The largest absolute Gasteiger partial charge is 0.313 e.